The van der Waals surface area contributed by atoms with Gasteiger partial charge in [-0.3, -0.25) is 14.5 Å². The van der Waals surface area contributed by atoms with E-state index in [2.05, 4.69) is 0 Å². The molecule has 43 heavy (non-hydrogen) atoms. The standard InChI is InChI=1S/C35H29FN4O3/c1-23-30(34(41)40(28-14-6-7-15-28)35(42)31(23)20-37)19-26-21-39(27-12-3-2-4-13-27)38-33(26)24-11-9-16-29(18-24)43-22-25-10-5-8-17-32(25)36/h2-5,8-13,16-19,21,28H,6-7,14-15,22H2,1H3/b30-19+. The summed E-state index contributed by atoms with van der Waals surface area (Å²) in [4.78, 5) is 28.3. The maximum absolute atomic E-state index is 14.2. The van der Waals surface area contributed by atoms with Crippen molar-refractivity contribution in [1.29, 1.82) is 5.26 Å². The molecule has 6 rings (SSSR count). The van der Waals surface area contributed by atoms with Gasteiger partial charge in [0.25, 0.3) is 11.8 Å². The molecule has 0 radical (unpaired) electrons. The second-order valence-corrected chi connectivity index (χ2v) is 10.7. The van der Waals surface area contributed by atoms with Gasteiger partial charge in [-0.05, 0) is 61.7 Å². The first-order chi connectivity index (χ1) is 20.9. The first-order valence-electron chi connectivity index (χ1n) is 14.3. The summed E-state index contributed by atoms with van der Waals surface area (Å²) in [5, 5.41) is 14.8. The summed E-state index contributed by atoms with van der Waals surface area (Å²) in [6, 6.07) is 25.2. The van der Waals surface area contributed by atoms with E-state index in [1.165, 1.54) is 11.0 Å². The molecule has 0 saturated heterocycles. The Labute approximate surface area is 249 Å². The zero-order chi connectivity index (χ0) is 29.9. The summed E-state index contributed by atoms with van der Waals surface area (Å²) in [7, 11) is 0. The number of imide groups is 1. The molecule has 3 aromatic carbocycles. The number of amides is 2. The van der Waals surface area contributed by atoms with Crippen LogP contribution in [0.1, 0.15) is 43.7 Å². The molecular weight excluding hydrogens is 543 g/mol. The van der Waals surface area contributed by atoms with Gasteiger partial charge in [-0.25, -0.2) is 9.07 Å². The molecule has 1 aliphatic carbocycles. The first kappa shape index (κ1) is 27.9. The van der Waals surface area contributed by atoms with Crippen LogP contribution in [0.4, 0.5) is 4.39 Å². The fourth-order valence-electron chi connectivity index (χ4n) is 5.69. The second kappa shape index (κ2) is 11.9. The van der Waals surface area contributed by atoms with Crippen molar-refractivity contribution >= 4 is 17.9 Å². The molecule has 1 fully saturated rings. The van der Waals surface area contributed by atoms with E-state index in [0.29, 0.717) is 33.7 Å². The Balaban J connectivity index is 1.43. The molecule has 0 spiro atoms. The Hall–Kier alpha value is -5.29. The summed E-state index contributed by atoms with van der Waals surface area (Å²) >= 11 is 0. The average Bonchev–Trinajstić information content (AvgIpc) is 3.71. The minimum absolute atomic E-state index is 0.0155. The van der Waals surface area contributed by atoms with Crippen LogP contribution in [-0.2, 0) is 16.2 Å². The Bertz CT molecular complexity index is 1810. The third-order valence-electron chi connectivity index (χ3n) is 7.99. The Morgan fingerprint density at radius 3 is 2.49 bits per heavy atom. The van der Waals surface area contributed by atoms with Crippen molar-refractivity contribution in [2.75, 3.05) is 0 Å². The summed E-state index contributed by atoms with van der Waals surface area (Å²) in [6.45, 7) is 1.70. The Kier molecular flexibility index (Phi) is 7.71. The molecule has 1 aliphatic heterocycles. The van der Waals surface area contributed by atoms with Crippen molar-refractivity contribution in [3.63, 3.8) is 0 Å². The highest BCUT2D eigenvalue weighted by Crippen LogP contribution is 2.35. The monoisotopic (exact) mass is 572 g/mol. The van der Waals surface area contributed by atoms with Crippen LogP contribution in [0, 0.1) is 17.1 Å². The molecular formula is C35H29FN4O3. The van der Waals surface area contributed by atoms with Crippen LogP contribution < -0.4 is 4.74 Å². The number of hydrogen-bond donors (Lipinski definition) is 0. The normalized spacial score (nSPS) is 16.7. The smallest absolute Gasteiger partial charge is 0.271 e. The van der Waals surface area contributed by atoms with Gasteiger partial charge in [0.1, 0.15) is 35.5 Å². The van der Waals surface area contributed by atoms with Gasteiger partial charge in [0.05, 0.1) is 5.69 Å². The largest absolute Gasteiger partial charge is 0.489 e. The lowest BCUT2D eigenvalue weighted by molar-refractivity contribution is -0.143. The first-order valence-corrected chi connectivity index (χ1v) is 14.3. The van der Waals surface area contributed by atoms with Gasteiger partial charge in [-0.2, -0.15) is 10.4 Å². The third kappa shape index (κ3) is 5.50. The molecule has 214 valence electrons. The maximum atomic E-state index is 14.2. The van der Waals surface area contributed by atoms with Crippen LogP contribution in [0.3, 0.4) is 0 Å². The molecule has 0 N–H and O–H groups in total. The molecule has 0 bridgehead atoms. The molecule has 2 amide bonds. The molecule has 7 nitrogen and oxygen atoms in total. The quantitative estimate of drug-likeness (QED) is 0.180. The van der Waals surface area contributed by atoms with Gasteiger partial charge >= 0.3 is 0 Å². The lowest BCUT2D eigenvalue weighted by Gasteiger charge is -2.32. The molecule has 0 unspecified atom stereocenters. The van der Waals surface area contributed by atoms with Gasteiger partial charge in [0, 0.05) is 34.5 Å². The number of nitriles is 1. The summed E-state index contributed by atoms with van der Waals surface area (Å²) in [5.74, 6) is -0.720. The molecule has 1 saturated carbocycles. The van der Waals surface area contributed by atoms with Crippen molar-refractivity contribution in [2.24, 2.45) is 0 Å². The number of para-hydroxylation sites is 1. The van der Waals surface area contributed by atoms with E-state index < -0.39 is 11.8 Å². The van der Waals surface area contributed by atoms with Crippen molar-refractivity contribution in [1.82, 2.24) is 14.7 Å². The summed E-state index contributed by atoms with van der Waals surface area (Å²) in [6.07, 6.45) is 6.90. The minimum atomic E-state index is -0.519. The highest BCUT2D eigenvalue weighted by molar-refractivity contribution is 6.20. The number of ether oxygens (including phenoxy) is 1. The minimum Gasteiger partial charge on any atom is -0.489 e. The molecule has 2 heterocycles. The Morgan fingerprint density at radius 2 is 1.74 bits per heavy atom. The number of hydrogen-bond acceptors (Lipinski definition) is 5. The highest BCUT2D eigenvalue weighted by Gasteiger charge is 2.40. The van der Waals surface area contributed by atoms with Crippen molar-refractivity contribution < 1.29 is 18.7 Å². The van der Waals surface area contributed by atoms with Crippen molar-refractivity contribution in [3.8, 4) is 28.8 Å². The molecule has 8 heteroatoms. The number of halogens is 1. The second-order valence-electron chi connectivity index (χ2n) is 10.7. The van der Waals surface area contributed by atoms with Gasteiger partial charge < -0.3 is 4.74 Å². The summed E-state index contributed by atoms with van der Waals surface area (Å²) < 4.78 is 21.8. The summed E-state index contributed by atoms with van der Waals surface area (Å²) in [5.41, 5.74) is 3.84. The van der Waals surface area contributed by atoms with E-state index in [1.807, 2.05) is 60.8 Å². The number of carbonyl (C=O) groups is 2. The van der Waals surface area contributed by atoms with E-state index in [-0.39, 0.29) is 24.0 Å². The number of rotatable bonds is 7. The van der Waals surface area contributed by atoms with Gasteiger partial charge in [0.15, 0.2) is 0 Å². The number of aromatic nitrogens is 2. The van der Waals surface area contributed by atoms with E-state index in [4.69, 9.17) is 9.84 Å². The van der Waals surface area contributed by atoms with Crippen LogP contribution in [0.15, 0.2) is 102 Å². The number of nitrogens with zero attached hydrogens (tertiary/aromatic N) is 4. The predicted molar refractivity (Wildman–Crippen MR) is 160 cm³/mol. The average molecular weight is 573 g/mol. The number of carbonyl (C=O) groups excluding carboxylic acids is 2. The van der Waals surface area contributed by atoms with Crippen molar-refractivity contribution in [3.05, 3.63) is 119 Å². The lowest BCUT2D eigenvalue weighted by atomic mass is 9.92. The van der Waals surface area contributed by atoms with E-state index in [9.17, 15) is 19.2 Å². The number of benzene rings is 3. The predicted octanol–water partition coefficient (Wildman–Crippen LogP) is 6.79. The van der Waals surface area contributed by atoms with E-state index in [0.717, 1.165) is 36.9 Å². The zero-order valence-corrected chi connectivity index (χ0v) is 23.7. The van der Waals surface area contributed by atoms with Gasteiger partial charge in [-0.1, -0.05) is 61.4 Å². The zero-order valence-electron chi connectivity index (χ0n) is 23.7. The molecule has 1 aromatic heterocycles. The molecule has 2 aliphatic rings. The lowest BCUT2D eigenvalue weighted by Crippen LogP contribution is -2.47. The van der Waals surface area contributed by atoms with Crippen molar-refractivity contribution in [2.45, 2.75) is 45.3 Å². The SMILES string of the molecule is CC1=C(C#N)C(=O)N(C2CCCC2)C(=O)/C1=C/c1cn(-c2ccccc2)nc1-c1cccc(OCc2ccccc2F)c1. The van der Waals surface area contributed by atoms with Crippen LogP contribution >= 0.6 is 0 Å². The third-order valence-corrected chi connectivity index (χ3v) is 7.99. The fourth-order valence-corrected chi connectivity index (χ4v) is 5.69. The van der Waals surface area contributed by atoms with Gasteiger partial charge in [0.2, 0.25) is 0 Å². The fraction of sp³-hybridized carbons (Fsp3) is 0.200. The molecule has 0 atom stereocenters. The van der Waals surface area contributed by atoms with Gasteiger partial charge in [-0.15, -0.1) is 0 Å². The molecule has 4 aromatic rings. The topological polar surface area (TPSA) is 88.2 Å². The highest BCUT2D eigenvalue weighted by atomic mass is 19.1. The Morgan fingerprint density at radius 1 is 1.00 bits per heavy atom. The van der Waals surface area contributed by atoms with E-state index >= 15 is 0 Å². The maximum Gasteiger partial charge on any atom is 0.271 e. The van der Waals surface area contributed by atoms with Crippen LogP contribution in [0.25, 0.3) is 23.0 Å². The van der Waals surface area contributed by atoms with Crippen LogP contribution in [-0.4, -0.2) is 32.5 Å². The van der Waals surface area contributed by atoms with Crippen LogP contribution in [0.2, 0.25) is 0 Å². The van der Waals surface area contributed by atoms with E-state index in [1.54, 1.807) is 41.9 Å². The van der Waals surface area contributed by atoms with Crippen LogP contribution in [0.5, 0.6) is 5.75 Å².